The first-order valence-electron chi connectivity index (χ1n) is 5.03. The Balaban J connectivity index is 3.72. The van der Waals surface area contributed by atoms with E-state index in [0.29, 0.717) is 6.42 Å². The number of esters is 1. The van der Waals surface area contributed by atoms with Gasteiger partial charge in [-0.15, -0.1) is 0 Å². The molecule has 0 amide bonds. The minimum absolute atomic E-state index is 0.0456. The van der Waals surface area contributed by atoms with Crippen LogP contribution in [-0.4, -0.2) is 35.4 Å². The minimum atomic E-state index is -0.795. The maximum atomic E-state index is 10.8. The van der Waals surface area contributed by atoms with Crippen molar-refractivity contribution in [2.24, 2.45) is 5.92 Å². The molecule has 2 unspecified atom stereocenters. The third-order valence-corrected chi connectivity index (χ3v) is 2.28. The van der Waals surface area contributed by atoms with Crippen molar-refractivity contribution in [3.8, 4) is 0 Å². The average Bonchev–Trinajstić information content (AvgIpc) is 2.18. The van der Waals surface area contributed by atoms with Crippen molar-refractivity contribution in [1.82, 2.24) is 0 Å². The summed E-state index contributed by atoms with van der Waals surface area (Å²) in [4.78, 5) is 20.7. The molecule has 0 fully saturated rings. The van der Waals surface area contributed by atoms with Crippen molar-refractivity contribution >= 4 is 12.4 Å². The van der Waals surface area contributed by atoms with Gasteiger partial charge in [0.25, 0.3) is 0 Å². The fourth-order valence-electron chi connectivity index (χ4n) is 1.24. The predicted molar refractivity (Wildman–Crippen MR) is 52.9 cm³/mol. The molecule has 0 aromatic carbocycles. The van der Waals surface area contributed by atoms with Gasteiger partial charge in [-0.25, -0.2) is 0 Å². The van der Waals surface area contributed by atoms with Gasteiger partial charge in [0.15, 0.2) is 0 Å². The van der Waals surface area contributed by atoms with E-state index >= 15 is 0 Å². The van der Waals surface area contributed by atoms with Crippen LogP contribution in [0.3, 0.4) is 0 Å². The SMILES string of the molecule is CC(CCCCO)C(O)CC(=O)OC=O. The van der Waals surface area contributed by atoms with Crippen LogP contribution in [0, 0.1) is 5.92 Å². The van der Waals surface area contributed by atoms with Crippen LogP contribution in [-0.2, 0) is 14.3 Å². The number of hydrogen-bond acceptors (Lipinski definition) is 5. The van der Waals surface area contributed by atoms with Crippen molar-refractivity contribution in [2.45, 2.75) is 38.7 Å². The van der Waals surface area contributed by atoms with E-state index in [-0.39, 0.29) is 25.4 Å². The Hall–Kier alpha value is -0.940. The minimum Gasteiger partial charge on any atom is -0.396 e. The van der Waals surface area contributed by atoms with Gasteiger partial charge in [0.1, 0.15) is 0 Å². The van der Waals surface area contributed by atoms with Gasteiger partial charge >= 0.3 is 12.4 Å². The number of ether oxygens (including phenoxy) is 1. The van der Waals surface area contributed by atoms with E-state index in [1.807, 2.05) is 6.92 Å². The summed E-state index contributed by atoms with van der Waals surface area (Å²) in [5.74, 6) is -0.762. The number of carbonyl (C=O) groups excluding carboxylic acids is 2. The van der Waals surface area contributed by atoms with E-state index in [9.17, 15) is 14.7 Å². The van der Waals surface area contributed by atoms with Gasteiger partial charge in [-0.3, -0.25) is 9.59 Å². The van der Waals surface area contributed by atoms with Crippen LogP contribution in [0.5, 0.6) is 0 Å². The molecule has 0 aliphatic heterocycles. The Morgan fingerprint density at radius 3 is 2.67 bits per heavy atom. The summed E-state index contributed by atoms with van der Waals surface area (Å²) in [5, 5.41) is 18.1. The smallest absolute Gasteiger partial charge is 0.315 e. The number of aliphatic hydroxyl groups excluding tert-OH is 2. The van der Waals surface area contributed by atoms with Gasteiger partial charge in [-0.05, 0) is 18.8 Å². The highest BCUT2D eigenvalue weighted by Gasteiger charge is 2.18. The lowest BCUT2D eigenvalue weighted by molar-refractivity contribution is -0.153. The molecule has 2 N–H and O–H groups in total. The van der Waals surface area contributed by atoms with E-state index in [4.69, 9.17) is 5.11 Å². The summed E-state index contributed by atoms with van der Waals surface area (Å²) < 4.78 is 4.07. The molecule has 5 nitrogen and oxygen atoms in total. The number of aliphatic hydroxyl groups is 2. The lowest BCUT2D eigenvalue weighted by Gasteiger charge is -2.16. The molecule has 0 bridgehead atoms. The Kier molecular flexibility index (Phi) is 7.85. The van der Waals surface area contributed by atoms with Crippen molar-refractivity contribution < 1.29 is 24.5 Å². The molecule has 0 rings (SSSR count). The monoisotopic (exact) mass is 218 g/mol. The van der Waals surface area contributed by atoms with Gasteiger partial charge in [0, 0.05) is 6.61 Å². The summed E-state index contributed by atoms with van der Waals surface area (Å²) in [6, 6.07) is 0. The topological polar surface area (TPSA) is 83.8 Å². The molecule has 0 aromatic heterocycles. The molecular weight excluding hydrogens is 200 g/mol. The van der Waals surface area contributed by atoms with Crippen LogP contribution in [0.1, 0.15) is 32.6 Å². The molecule has 0 saturated carbocycles. The van der Waals surface area contributed by atoms with E-state index in [1.165, 1.54) is 0 Å². The molecule has 0 saturated heterocycles. The highest BCUT2D eigenvalue weighted by molar-refractivity contribution is 5.76. The van der Waals surface area contributed by atoms with Crippen LogP contribution in [0.2, 0.25) is 0 Å². The molecular formula is C10H18O5. The second-order valence-electron chi connectivity index (χ2n) is 3.55. The molecule has 0 heterocycles. The molecule has 0 radical (unpaired) electrons. The largest absolute Gasteiger partial charge is 0.396 e. The summed E-state index contributed by atoms with van der Waals surface area (Å²) in [5.41, 5.74) is 0. The van der Waals surface area contributed by atoms with E-state index in [0.717, 1.165) is 12.8 Å². The van der Waals surface area contributed by atoms with Crippen LogP contribution in [0.25, 0.3) is 0 Å². The van der Waals surface area contributed by atoms with Gasteiger partial charge in [-0.2, -0.15) is 0 Å². The van der Waals surface area contributed by atoms with Gasteiger partial charge < -0.3 is 14.9 Å². The van der Waals surface area contributed by atoms with Crippen molar-refractivity contribution in [3.63, 3.8) is 0 Å². The number of carbonyl (C=O) groups is 2. The molecule has 0 aliphatic rings. The fraction of sp³-hybridized carbons (Fsp3) is 0.800. The lowest BCUT2D eigenvalue weighted by atomic mass is 9.96. The first kappa shape index (κ1) is 14.1. The van der Waals surface area contributed by atoms with Gasteiger partial charge in [0.05, 0.1) is 12.5 Å². The summed E-state index contributed by atoms with van der Waals surface area (Å²) in [6.07, 6.45) is 1.26. The number of unbranched alkanes of at least 4 members (excludes halogenated alkanes) is 1. The van der Waals surface area contributed by atoms with Gasteiger partial charge in [0.2, 0.25) is 0 Å². The molecule has 0 aromatic rings. The number of rotatable bonds is 8. The van der Waals surface area contributed by atoms with Crippen LogP contribution in [0.4, 0.5) is 0 Å². The molecule has 88 valence electrons. The average molecular weight is 218 g/mol. The molecule has 2 atom stereocenters. The molecule has 5 heteroatoms. The Labute approximate surface area is 89.0 Å². The predicted octanol–water partition coefficient (Wildman–Crippen LogP) is 0.236. The normalized spacial score (nSPS) is 14.3. The zero-order valence-electron chi connectivity index (χ0n) is 8.89. The van der Waals surface area contributed by atoms with Crippen molar-refractivity contribution in [3.05, 3.63) is 0 Å². The summed E-state index contributed by atoms with van der Waals surface area (Å²) >= 11 is 0. The maximum Gasteiger partial charge on any atom is 0.315 e. The lowest BCUT2D eigenvalue weighted by Crippen LogP contribution is -2.22. The van der Waals surface area contributed by atoms with Crippen LogP contribution in [0.15, 0.2) is 0 Å². The first-order chi connectivity index (χ1) is 7.11. The third-order valence-electron chi connectivity index (χ3n) is 2.28. The fourth-order valence-corrected chi connectivity index (χ4v) is 1.24. The van der Waals surface area contributed by atoms with E-state index in [2.05, 4.69) is 4.74 Å². The van der Waals surface area contributed by atoms with Crippen LogP contribution < -0.4 is 0 Å². The van der Waals surface area contributed by atoms with Crippen molar-refractivity contribution in [2.75, 3.05) is 6.61 Å². The standard InChI is InChI=1S/C10H18O5/c1-8(4-2-3-5-11)9(13)6-10(14)15-7-12/h7-9,11,13H,2-6H2,1H3. The Bertz CT molecular complexity index is 192. The maximum absolute atomic E-state index is 10.8. The Morgan fingerprint density at radius 2 is 2.13 bits per heavy atom. The third kappa shape index (κ3) is 7.04. The second-order valence-corrected chi connectivity index (χ2v) is 3.55. The second kappa shape index (κ2) is 8.38. The zero-order chi connectivity index (χ0) is 11.7. The summed E-state index contributed by atoms with van der Waals surface area (Å²) in [6.45, 7) is 2.01. The van der Waals surface area contributed by atoms with E-state index < -0.39 is 12.1 Å². The van der Waals surface area contributed by atoms with E-state index in [1.54, 1.807) is 0 Å². The molecule has 15 heavy (non-hydrogen) atoms. The van der Waals surface area contributed by atoms with Crippen molar-refractivity contribution in [1.29, 1.82) is 0 Å². The zero-order valence-corrected chi connectivity index (χ0v) is 8.89. The highest BCUT2D eigenvalue weighted by Crippen LogP contribution is 2.15. The quantitative estimate of drug-likeness (QED) is 0.264. The van der Waals surface area contributed by atoms with Gasteiger partial charge in [-0.1, -0.05) is 13.3 Å². The molecule has 0 aliphatic carbocycles. The molecule has 0 spiro atoms. The Morgan fingerprint density at radius 1 is 1.47 bits per heavy atom. The number of hydrogen-bond donors (Lipinski definition) is 2. The summed E-state index contributed by atoms with van der Waals surface area (Å²) in [7, 11) is 0. The first-order valence-corrected chi connectivity index (χ1v) is 5.03. The van der Waals surface area contributed by atoms with Crippen LogP contribution >= 0.6 is 0 Å². The highest BCUT2D eigenvalue weighted by atomic mass is 16.6.